The minimum absolute atomic E-state index is 0.224. The minimum Gasteiger partial charge on any atom is -0.391 e. The van der Waals surface area contributed by atoms with Gasteiger partial charge in [-0.25, -0.2) is 4.39 Å². The number of hydrogen-bond donors (Lipinski definition) is 1. The first-order valence-corrected chi connectivity index (χ1v) is 6.61. The summed E-state index contributed by atoms with van der Waals surface area (Å²) in [5.41, 5.74) is 3.54. The molecule has 0 amide bonds. The molecule has 106 valence electrons. The highest BCUT2D eigenvalue weighted by atomic mass is 19.1. The van der Waals surface area contributed by atoms with Crippen LogP contribution in [0.1, 0.15) is 11.1 Å². The van der Waals surface area contributed by atoms with Crippen molar-refractivity contribution in [2.24, 2.45) is 0 Å². The lowest BCUT2D eigenvalue weighted by atomic mass is 10.0. The third-order valence-corrected chi connectivity index (χ3v) is 3.32. The molecule has 0 radical (unpaired) electrons. The van der Waals surface area contributed by atoms with Gasteiger partial charge in [0.05, 0.1) is 12.2 Å². The molecule has 1 aromatic heterocycles. The van der Waals surface area contributed by atoms with Gasteiger partial charge < -0.3 is 9.63 Å². The Bertz CT molecular complexity index is 717. The predicted octanol–water partition coefficient (Wildman–Crippen LogP) is 3.95. The summed E-state index contributed by atoms with van der Waals surface area (Å²) in [5.74, 6) is 0.164. The van der Waals surface area contributed by atoms with Gasteiger partial charge in [-0.1, -0.05) is 41.1 Å². The molecule has 0 aliphatic carbocycles. The minimum atomic E-state index is -0.350. The van der Waals surface area contributed by atoms with Gasteiger partial charge in [0.1, 0.15) is 11.5 Å². The van der Waals surface area contributed by atoms with Crippen LogP contribution in [0.5, 0.6) is 0 Å². The number of aromatic nitrogens is 1. The zero-order valence-electron chi connectivity index (χ0n) is 11.5. The monoisotopic (exact) mass is 283 g/mol. The van der Waals surface area contributed by atoms with E-state index in [0.29, 0.717) is 22.6 Å². The molecule has 21 heavy (non-hydrogen) atoms. The average molecular weight is 283 g/mol. The van der Waals surface area contributed by atoms with Gasteiger partial charge in [-0.2, -0.15) is 0 Å². The highest BCUT2D eigenvalue weighted by Crippen LogP contribution is 2.32. The lowest BCUT2D eigenvalue weighted by Crippen LogP contribution is -1.90. The van der Waals surface area contributed by atoms with Crippen molar-refractivity contribution in [2.75, 3.05) is 0 Å². The van der Waals surface area contributed by atoms with Crippen molar-refractivity contribution in [3.63, 3.8) is 0 Å². The fourth-order valence-electron chi connectivity index (χ4n) is 2.33. The fourth-order valence-corrected chi connectivity index (χ4v) is 2.33. The fraction of sp³-hybridized carbons (Fsp3) is 0.118. The third kappa shape index (κ3) is 2.58. The molecule has 4 heteroatoms. The number of rotatable bonds is 3. The molecule has 0 saturated carbocycles. The second-order valence-electron chi connectivity index (χ2n) is 4.88. The summed E-state index contributed by atoms with van der Waals surface area (Å²) < 4.78 is 18.7. The van der Waals surface area contributed by atoms with Crippen LogP contribution in [0.3, 0.4) is 0 Å². The van der Waals surface area contributed by atoms with E-state index in [0.717, 1.165) is 11.1 Å². The molecular weight excluding hydrogens is 269 g/mol. The Hall–Kier alpha value is -2.46. The van der Waals surface area contributed by atoms with Crippen LogP contribution >= 0.6 is 0 Å². The number of aliphatic hydroxyl groups is 1. The number of aliphatic hydroxyl groups excluding tert-OH is 1. The van der Waals surface area contributed by atoms with Gasteiger partial charge >= 0.3 is 0 Å². The predicted molar refractivity (Wildman–Crippen MR) is 78.0 cm³/mol. The van der Waals surface area contributed by atoms with E-state index < -0.39 is 0 Å². The molecule has 0 saturated heterocycles. The van der Waals surface area contributed by atoms with Crippen LogP contribution in [0.4, 0.5) is 4.39 Å². The molecule has 0 fully saturated rings. The molecule has 3 aromatic rings. The zero-order valence-corrected chi connectivity index (χ0v) is 11.5. The van der Waals surface area contributed by atoms with Crippen molar-refractivity contribution < 1.29 is 14.0 Å². The Morgan fingerprint density at radius 1 is 1.10 bits per heavy atom. The van der Waals surface area contributed by atoms with E-state index in [2.05, 4.69) is 5.16 Å². The molecule has 0 bridgehead atoms. The smallest absolute Gasteiger partial charge is 0.173 e. The molecular formula is C17H14FNO2. The van der Waals surface area contributed by atoms with Crippen molar-refractivity contribution >= 4 is 0 Å². The van der Waals surface area contributed by atoms with Crippen LogP contribution in [-0.2, 0) is 6.61 Å². The van der Waals surface area contributed by atoms with Crippen LogP contribution in [-0.4, -0.2) is 10.3 Å². The maximum Gasteiger partial charge on any atom is 0.173 e. The number of benzene rings is 2. The lowest BCUT2D eigenvalue weighted by Gasteiger charge is -2.02. The first-order chi connectivity index (χ1) is 10.2. The molecule has 1 heterocycles. The third-order valence-electron chi connectivity index (χ3n) is 3.32. The van der Waals surface area contributed by atoms with Crippen LogP contribution in [0, 0.1) is 12.7 Å². The van der Waals surface area contributed by atoms with Crippen molar-refractivity contribution in [3.05, 3.63) is 65.5 Å². The van der Waals surface area contributed by atoms with Gasteiger partial charge in [-0.05, 0) is 25.1 Å². The number of nitrogens with zero attached hydrogens (tertiary/aromatic N) is 1. The Kier molecular flexibility index (Phi) is 3.54. The maximum atomic E-state index is 13.4. The lowest BCUT2D eigenvalue weighted by molar-refractivity contribution is 0.281. The van der Waals surface area contributed by atoms with Crippen LogP contribution in [0.25, 0.3) is 22.6 Å². The van der Waals surface area contributed by atoms with E-state index in [1.807, 2.05) is 31.2 Å². The van der Waals surface area contributed by atoms with Gasteiger partial charge in [0.25, 0.3) is 0 Å². The second kappa shape index (κ2) is 5.50. The number of halogens is 1. The molecule has 3 rings (SSSR count). The molecule has 1 N–H and O–H groups in total. The highest BCUT2D eigenvalue weighted by molar-refractivity contribution is 5.72. The van der Waals surface area contributed by atoms with E-state index in [9.17, 15) is 9.50 Å². The molecule has 0 aliphatic heterocycles. The van der Waals surface area contributed by atoms with E-state index in [1.54, 1.807) is 12.1 Å². The van der Waals surface area contributed by atoms with Crippen molar-refractivity contribution in [1.82, 2.24) is 5.16 Å². The summed E-state index contributed by atoms with van der Waals surface area (Å²) in [4.78, 5) is 0. The summed E-state index contributed by atoms with van der Waals surface area (Å²) >= 11 is 0. The SMILES string of the molecule is Cc1cccc(-c2onc(-c3cccc(F)c3)c2CO)c1. The van der Waals surface area contributed by atoms with Crippen molar-refractivity contribution in [2.45, 2.75) is 13.5 Å². The zero-order chi connectivity index (χ0) is 14.8. The van der Waals surface area contributed by atoms with Crippen molar-refractivity contribution in [1.29, 1.82) is 0 Å². The summed E-state index contributed by atoms with van der Waals surface area (Å²) in [6, 6.07) is 13.8. The largest absolute Gasteiger partial charge is 0.391 e. The first-order valence-electron chi connectivity index (χ1n) is 6.61. The maximum absolute atomic E-state index is 13.4. The summed E-state index contributed by atoms with van der Waals surface area (Å²) in [6.07, 6.45) is 0. The molecule has 0 aliphatic rings. The van der Waals surface area contributed by atoms with Crippen LogP contribution in [0.2, 0.25) is 0 Å². The summed E-state index contributed by atoms with van der Waals surface area (Å²) in [6.45, 7) is 1.75. The molecule has 2 aromatic carbocycles. The second-order valence-corrected chi connectivity index (χ2v) is 4.88. The molecule has 0 spiro atoms. The number of hydrogen-bond acceptors (Lipinski definition) is 3. The van der Waals surface area contributed by atoms with E-state index in [-0.39, 0.29) is 12.4 Å². The van der Waals surface area contributed by atoms with Gasteiger partial charge in [-0.15, -0.1) is 0 Å². The highest BCUT2D eigenvalue weighted by Gasteiger charge is 2.18. The van der Waals surface area contributed by atoms with E-state index >= 15 is 0 Å². The molecule has 0 atom stereocenters. The summed E-state index contributed by atoms with van der Waals surface area (Å²) in [5, 5.41) is 13.7. The first kappa shape index (κ1) is 13.5. The van der Waals surface area contributed by atoms with E-state index in [1.165, 1.54) is 12.1 Å². The normalized spacial score (nSPS) is 10.8. The van der Waals surface area contributed by atoms with E-state index in [4.69, 9.17) is 4.52 Å². The van der Waals surface area contributed by atoms with Gasteiger partial charge in [-0.3, -0.25) is 0 Å². The number of aryl methyl sites for hydroxylation is 1. The molecule has 3 nitrogen and oxygen atoms in total. The van der Waals surface area contributed by atoms with Gasteiger partial charge in [0.15, 0.2) is 5.76 Å². The van der Waals surface area contributed by atoms with Crippen molar-refractivity contribution in [3.8, 4) is 22.6 Å². The molecule has 0 unspecified atom stereocenters. The summed E-state index contributed by atoms with van der Waals surface area (Å²) in [7, 11) is 0. The topological polar surface area (TPSA) is 46.3 Å². The van der Waals surface area contributed by atoms with Crippen LogP contribution < -0.4 is 0 Å². The van der Waals surface area contributed by atoms with Crippen LogP contribution in [0.15, 0.2) is 53.1 Å². The standard InChI is InChI=1S/C17H14FNO2/c1-11-4-2-6-13(8-11)17-15(10-20)16(19-21-17)12-5-3-7-14(18)9-12/h2-9,20H,10H2,1H3. The Labute approximate surface area is 121 Å². The quantitative estimate of drug-likeness (QED) is 0.791. The van der Waals surface area contributed by atoms with Gasteiger partial charge in [0.2, 0.25) is 0 Å². The average Bonchev–Trinajstić information content (AvgIpc) is 2.91. The Balaban J connectivity index is 2.13. The Morgan fingerprint density at radius 3 is 2.57 bits per heavy atom. The Morgan fingerprint density at radius 2 is 1.86 bits per heavy atom. The van der Waals surface area contributed by atoms with Gasteiger partial charge in [0, 0.05) is 11.1 Å².